The van der Waals surface area contributed by atoms with Gasteiger partial charge in [0, 0.05) is 30.3 Å². The first kappa shape index (κ1) is 16.4. The second-order valence-electron chi connectivity index (χ2n) is 5.22. The van der Waals surface area contributed by atoms with Crippen molar-refractivity contribution >= 4 is 17.2 Å². The summed E-state index contributed by atoms with van der Waals surface area (Å²) in [7, 11) is 0. The third-order valence-electron chi connectivity index (χ3n) is 3.57. The van der Waals surface area contributed by atoms with Crippen LogP contribution in [0.3, 0.4) is 0 Å². The molecule has 3 aromatic rings. The molecule has 2 heterocycles. The maximum atomic E-state index is 12.0. The van der Waals surface area contributed by atoms with Crippen LogP contribution in [0.15, 0.2) is 45.5 Å². The highest BCUT2D eigenvalue weighted by Gasteiger charge is 2.11. The van der Waals surface area contributed by atoms with Gasteiger partial charge in [-0.2, -0.15) is 11.3 Å². The van der Waals surface area contributed by atoms with E-state index in [0.29, 0.717) is 24.7 Å². The van der Waals surface area contributed by atoms with Crippen LogP contribution in [0.25, 0.3) is 11.5 Å². The predicted molar refractivity (Wildman–Crippen MR) is 90.1 cm³/mol. The van der Waals surface area contributed by atoms with Crippen LogP contribution in [0.5, 0.6) is 0 Å². The molecule has 0 aliphatic rings. The SMILES string of the molecule is O=C(CCc1nnc(-c2ccsc2)o1)NCc1ccccc1CO. The number of thiophene rings is 1. The van der Waals surface area contributed by atoms with Crippen LogP contribution in [0.4, 0.5) is 0 Å². The number of nitrogens with one attached hydrogen (secondary N) is 1. The van der Waals surface area contributed by atoms with E-state index in [4.69, 9.17) is 4.42 Å². The van der Waals surface area contributed by atoms with E-state index in [1.807, 2.05) is 41.1 Å². The van der Waals surface area contributed by atoms with Crippen molar-refractivity contribution in [2.45, 2.75) is 26.0 Å². The topological polar surface area (TPSA) is 88.2 Å². The van der Waals surface area contributed by atoms with E-state index in [1.165, 1.54) is 0 Å². The molecule has 6 nitrogen and oxygen atoms in total. The number of aryl methyl sites for hydroxylation is 1. The van der Waals surface area contributed by atoms with Crippen molar-refractivity contribution < 1.29 is 14.3 Å². The number of hydrogen-bond donors (Lipinski definition) is 2. The molecule has 1 amide bonds. The van der Waals surface area contributed by atoms with Gasteiger partial charge in [-0.05, 0) is 22.6 Å². The third-order valence-corrected chi connectivity index (χ3v) is 4.25. The maximum absolute atomic E-state index is 12.0. The van der Waals surface area contributed by atoms with Crippen molar-refractivity contribution in [1.29, 1.82) is 0 Å². The van der Waals surface area contributed by atoms with E-state index in [9.17, 15) is 9.90 Å². The van der Waals surface area contributed by atoms with Crippen LogP contribution in [0.1, 0.15) is 23.4 Å². The number of nitrogens with zero attached hydrogens (tertiary/aromatic N) is 2. The molecule has 0 saturated heterocycles. The minimum atomic E-state index is -0.0990. The van der Waals surface area contributed by atoms with Gasteiger partial charge in [-0.1, -0.05) is 24.3 Å². The fourth-order valence-corrected chi connectivity index (χ4v) is 2.87. The Bertz CT molecular complexity index is 799. The highest BCUT2D eigenvalue weighted by molar-refractivity contribution is 7.08. The van der Waals surface area contributed by atoms with E-state index >= 15 is 0 Å². The number of carbonyl (C=O) groups is 1. The van der Waals surface area contributed by atoms with Gasteiger partial charge in [0.05, 0.1) is 6.61 Å². The van der Waals surface area contributed by atoms with Gasteiger partial charge in [-0.3, -0.25) is 4.79 Å². The van der Waals surface area contributed by atoms with E-state index < -0.39 is 0 Å². The second kappa shape index (κ2) is 7.85. The summed E-state index contributed by atoms with van der Waals surface area (Å²) < 4.78 is 5.55. The number of carbonyl (C=O) groups excluding carboxylic acids is 1. The van der Waals surface area contributed by atoms with Crippen molar-refractivity contribution in [3.8, 4) is 11.5 Å². The highest BCUT2D eigenvalue weighted by Crippen LogP contribution is 2.20. The summed E-state index contributed by atoms with van der Waals surface area (Å²) in [4.78, 5) is 12.0. The van der Waals surface area contributed by atoms with Gasteiger partial charge < -0.3 is 14.8 Å². The lowest BCUT2D eigenvalue weighted by atomic mass is 10.1. The molecule has 0 atom stereocenters. The Kier molecular flexibility index (Phi) is 5.35. The Morgan fingerprint density at radius 2 is 2.04 bits per heavy atom. The Hall–Kier alpha value is -2.51. The zero-order chi connectivity index (χ0) is 16.8. The second-order valence-corrected chi connectivity index (χ2v) is 6.00. The molecular formula is C17H17N3O3S. The number of benzene rings is 1. The largest absolute Gasteiger partial charge is 0.421 e. The average Bonchev–Trinajstić information content (AvgIpc) is 3.29. The molecule has 0 fully saturated rings. The summed E-state index contributed by atoms with van der Waals surface area (Å²) in [5.74, 6) is 0.823. The molecule has 0 saturated carbocycles. The number of rotatable bonds is 7. The predicted octanol–water partition coefficient (Wildman–Crippen LogP) is 2.54. The minimum absolute atomic E-state index is 0.0423. The molecule has 3 rings (SSSR count). The smallest absolute Gasteiger partial charge is 0.248 e. The average molecular weight is 343 g/mol. The Morgan fingerprint density at radius 3 is 2.79 bits per heavy atom. The quantitative estimate of drug-likeness (QED) is 0.688. The summed E-state index contributed by atoms with van der Waals surface area (Å²) in [6, 6.07) is 9.37. The zero-order valence-corrected chi connectivity index (χ0v) is 13.8. The fourth-order valence-electron chi connectivity index (χ4n) is 2.24. The van der Waals surface area contributed by atoms with Crippen LogP contribution in [0, 0.1) is 0 Å². The standard InChI is InChI=1S/C17H17N3O3S/c21-10-13-4-2-1-3-12(13)9-18-15(22)5-6-16-19-20-17(23-16)14-7-8-24-11-14/h1-4,7-8,11,21H,5-6,9-10H2,(H,18,22). The van der Waals surface area contributed by atoms with Gasteiger partial charge in [0.2, 0.25) is 17.7 Å². The number of aliphatic hydroxyl groups is 1. The summed E-state index contributed by atoms with van der Waals surface area (Å²) in [6.07, 6.45) is 0.664. The molecule has 0 bridgehead atoms. The van der Waals surface area contributed by atoms with E-state index in [-0.39, 0.29) is 18.9 Å². The lowest BCUT2D eigenvalue weighted by molar-refractivity contribution is -0.121. The Balaban J connectivity index is 1.49. The van der Waals surface area contributed by atoms with Crippen LogP contribution in [0.2, 0.25) is 0 Å². The Labute approximate surface area is 143 Å². The van der Waals surface area contributed by atoms with Crippen LogP contribution in [-0.4, -0.2) is 21.2 Å². The molecule has 0 aliphatic carbocycles. The first-order chi connectivity index (χ1) is 11.8. The highest BCUT2D eigenvalue weighted by atomic mass is 32.1. The third kappa shape index (κ3) is 4.06. The van der Waals surface area contributed by atoms with E-state index in [1.54, 1.807) is 11.3 Å². The molecule has 7 heteroatoms. The van der Waals surface area contributed by atoms with Crippen molar-refractivity contribution in [2.75, 3.05) is 0 Å². The minimum Gasteiger partial charge on any atom is -0.421 e. The lowest BCUT2D eigenvalue weighted by Gasteiger charge is -2.08. The van der Waals surface area contributed by atoms with Crippen LogP contribution in [-0.2, 0) is 24.4 Å². The van der Waals surface area contributed by atoms with E-state index in [2.05, 4.69) is 15.5 Å². The molecule has 2 aromatic heterocycles. The zero-order valence-electron chi connectivity index (χ0n) is 12.9. The number of aliphatic hydroxyl groups excluding tert-OH is 1. The Morgan fingerprint density at radius 1 is 1.21 bits per heavy atom. The van der Waals surface area contributed by atoms with Gasteiger partial charge >= 0.3 is 0 Å². The van der Waals surface area contributed by atoms with Gasteiger partial charge in [0.25, 0.3) is 0 Å². The molecule has 0 unspecified atom stereocenters. The first-order valence-corrected chi connectivity index (χ1v) is 8.50. The van der Waals surface area contributed by atoms with Crippen molar-refractivity contribution in [1.82, 2.24) is 15.5 Å². The van der Waals surface area contributed by atoms with Crippen molar-refractivity contribution in [3.63, 3.8) is 0 Å². The number of aromatic nitrogens is 2. The molecule has 24 heavy (non-hydrogen) atoms. The monoisotopic (exact) mass is 343 g/mol. The molecular weight excluding hydrogens is 326 g/mol. The summed E-state index contributed by atoms with van der Waals surface area (Å²) in [6.45, 7) is 0.346. The summed E-state index contributed by atoms with van der Waals surface area (Å²) in [5.41, 5.74) is 2.62. The maximum Gasteiger partial charge on any atom is 0.248 e. The summed E-state index contributed by atoms with van der Waals surface area (Å²) >= 11 is 1.56. The summed E-state index contributed by atoms with van der Waals surface area (Å²) in [5, 5.41) is 23.9. The molecule has 124 valence electrons. The number of hydrogen-bond acceptors (Lipinski definition) is 6. The molecule has 0 aliphatic heterocycles. The van der Waals surface area contributed by atoms with Crippen molar-refractivity contribution in [2.24, 2.45) is 0 Å². The van der Waals surface area contributed by atoms with Gasteiger partial charge in [0.15, 0.2) is 0 Å². The van der Waals surface area contributed by atoms with Crippen LogP contribution < -0.4 is 5.32 Å². The van der Waals surface area contributed by atoms with Gasteiger partial charge in [-0.25, -0.2) is 0 Å². The molecule has 0 radical (unpaired) electrons. The molecule has 0 spiro atoms. The first-order valence-electron chi connectivity index (χ1n) is 7.55. The van der Waals surface area contributed by atoms with E-state index in [0.717, 1.165) is 16.7 Å². The molecule has 1 aromatic carbocycles. The normalized spacial score (nSPS) is 10.7. The lowest BCUT2D eigenvalue weighted by Crippen LogP contribution is -2.23. The van der Waals surface area contributed by atoms with Crippen molar-refractivity contribution in [3.05, 3.63) is 58.1 Å². The van der Waals surface area contributed by atoms with Gasteiger partial charge in [0.1, 0.15) is 0 Å². The van der Waals surface area contributed by atoms with Crippen LogP contribution >= 0.6 is 11.3 Å². The fraction of sp³-hybridized carbons (Fsp3) is 0.235. The molecule has 2 N–H and O–H groups in total. The van der Waals surface area contributed by atoms with Gasteiger partial charge in [-0.15, -0.1) is 10.2 Å². The number of amides is 1.